The zero-order valence-corrected chi connectivity index (χ0v) is 16.8. The Bertz CT molecular complexity index is 714. The molecule has 1 heterocycles. The van der Waals surface area contributed by atoms with Crippen molar-refractivity contribution in [2.75, 3.05) is 40.4 Å². The normalized spacial score (nSPS) is 14.7. The van der Waals surface area contributed by atoms with Gasteiger partial charge in [0.15, 0.2) is 11.5 Å². The Labute approximate surface area is 160 Å². The molecule has 1 atom stereocenters. The van der Waals surface area contributed by atoms with Crippen LogP contribution >= 0.6 is 12.4 Å². The van der Waals surface area contributed by atoms with Crippen LogP contribution < -0.4 is 19.5 Å². The van der Waals surface area contributed by atoms with Crippen LogP contribution in [-0.2, 0) is 14.8 Å². The number of fused-ring (bicyclic) bond motifs is 1. The Balaban J connectivity index is 0.00000338. The van der Waals surface area contributed by atoms with Crippen molar-refractivity contribution in [2.45, 2.75) is 24.3 Å². The van der Waals surface area contributed by atoms with Crippen LogP contribution in [0.1, 0.15) is 13.3 Å². The summed E-state index contributed by atoms with van der Waals surface area (Å²) in [6.07, 6.45) is 0.736. The van der Waals surface area contributed by atoms with Gasteiger partial charge in [-0.05, 0) is 26.1 Å². The van der Waals surface area contributed by atoms with Crippen molar-refractivity contribution >= 4 is 28.3 Å². The fourth-order valence-corrected chi connectivity index (χ4v) is 3.59. The molecule has 0 aliphatic carbocycles. The molecule has 1 aliphatic heterocycles. The maximum absolute atomic E-state index is 12.6. The molecule has 0 spiro atoms. The Kier molecular flexibility index (Phi) is 8.61. The summed E-state index contributed by atoms with van der Waals surface area (Å²) in [4.78, 5) is 13.8. The number of hydrogen-bond acceptors (Lipinski definition) is 6. The molecule has 1 aliphatic rings. The second kappa shape index (κ2) is 9.96. The molecule has 1 aromatic rings. The fourth-order valence-electron chi connectivity index (χ4n) is 2.38. The molecule has 2 rings (SSSR count). The quantitative estimate of drug-likeness (QED) is 0.687. The van der Waals surface area contributed by atoms with E-state index in [1.54, 1.807) is 20.2 Å². The van der Waals surface area contributed by atoms with Gasteiger partial charge in [-0.25, -0.2) is 8.42 Å². The summed E-state index contributed by atoms with van der Waals surface area (Å²) < 4.78 is 38.6. The number of nitrogens with zero attached hydrogens (tertiary/aromatic N) is 1. The summed E-state index contributed by atoms with van der Waals surface area (Å²) in [5.74, 6) is 0.617. The summed E-state index contributed by atoms with van der Waals surface area (Å²) in [5.41, 5.74) is 0. The van der Waals surface area contributed by atoms with E-state index in [0.717, 1.165) is 6.42 Å². The van der Waals surface area contributed by atoms with Crippen LogP contribution in [-0.4, -0.2) is 65.7 Å². The third kappa shape index (κ3) is 5.73. The van der Waals surface area contributed by atoms with Gasteiger partial charge in [0.2, 0.25) is 15.9 Å². The van der Waals surface area contributed by atoms with Gasteiger partial charge < -0.3 is 19.7 Å². The van der Waals surface area contributed by atoms with Gasteiger partial charge in [0, 0.05) is 32.6 Å². The number of nitrogens with one attached hydrogen (secondary N) is 2. The number of halogens is 1. The Morgan fingerprint density at radius 3 is 2.58 bits per heavy atom. The van der Waals surface area contributed by atoms with E-state index in [0.29, 0.717) is 37.8 Å². The largest absolute Gasteiger partial charge is 0.490 e. The van der Waals surface area contributed by atoms with Gasteiger partial charge in [-0.3, -0.25) is 4.79 Å². The first-order chi connectivity index (χ1) is 11.8. The van der Waals surface area contributed by atoms with E-state index in [4.69, 9.17) is 9.47 Å². The zero-order chi connectivity index (χ0) is 18.4. The number of benzene rings is 1. The van der Waals surface area contributed by atoms with Crippen LogP contribution in [0.2, 0.25) is 0 Å². The highest BCUT2D eigenvalue weighted by molar-refractivity contribution is 7.89. The minimum atomic E-state index is -3.85. The fraction of sp³-hybridized carbons (Fsp3) is 0.562. The molecule has 8 nitrogen and oxygen atoms in total. The first kappa shape index (κ1) is 22.5. The van der Waals surface area contributed by atoms with Gasteiger partial charge in [-0.15, -0.1) is 12.4 Å². The number of ether oxygens (including phenoxy) is 2. The van der Waals surface area contributed by atoms with Crippen molar-refractivity contribution in [1.29, 1.82) is 0 Å². The molecule has 10 heteroatoms. The van der Waals surface area contributed by atoms with Crippen LogP contribution in [0.15, 0.2) is 23.1 Å². The highest BCUT2D eigenvalue weighted by Gasteiger charge is 2.25. The lowest BCUT2D eigenvalue weighted by Gasteiger charge is -2.22. The summed E-state index contributed by atoms with van der Waals surface area (Å²) in [7, 11) is -0.429. The molecule has 0 bridgehead atoms. The number of rotatable bonds is 7. The number of carbonyl (C=O) groups is 1. The van der Waals surface area contributed by atoms with Crippen molar-refractivity contribution < 1.29 is 22.7 Å². The van der Waals surface area contributed by atoms with E-state index in [1.165, 1.54) is 24.0 Å². The molecule has 1 amide bonds. The Morgan fingerprint density at radius 1 is 1.27 bits per heavy atom. The van der Waals surface area contributed by atoms with Gasteiger partial charge in [-0.2, -0.15) is 4.72 Å². The average Bonchev–Trinajstić information content (AvgIpc) is 2.83. The third-order valence-corrected chi connectivity index (χ3v) is 5.34. The predicted octanol–water partition coefficient (Wildman–Crippen LogP) is 0.614. The van der Waals surface area contributed by atoms with E-state index in [1.807, 2.05) is 0 Å². The van der Waals surface area contributed by atoms with Gasteiger partial charge in [-0.1, -0.05) is 0 Å². The second-order valence-corrected chi connectivity index (χ2v) is 7.58. The lowest BCUT2D eigenvalue weighted by molar-refractivity contribution is -0.131. The SMILES string of the molecule is CNCCN(C)C(=O)C(C)NS(=O)(=O)c1ccc2c(c1)OCCCO2.Cl. The summed E-state index contributed by atoms with van der Waals surface area (Å²) in [6, 6.07) is 3.56. The highest BCUT2D eigenvalue weighted by atomic mass is 35.5. The van der Waals surface area contributed by atoms with Crippen LogP contribution in [0.3, 0.4) is 0 Å². The molecule has 2 N–H and O–H groups in total. The van der Waals surface area contributed by atoms with Gasteiger partial charge in [0.1, 0.15) is 0 Å². The Hall–Kier alpha value is -1.55. The lowest BCUT2D eigenvalue weighted by atomic mass is 10.3. The van der Waals surface area contributed by atoms with Crippen molar-refractivity contribution in [3.05, 3.63) is 18.2 Å². The van der Waals surface area contributed by atoms with E-state index in [-0.39, 0.29) is 23.2 Å². The summed E-state index contributed by atoms with van der Waals surface area (Å²) >= 11 is 0. The molecule has 1 aromatic carbocycles. The van der Waals surface area contributed by atoms with Gasteiger partial charge in [0.25, 0.3) is 0 Å². The van der Waals surface area contributed by atoms with Crippen molar-refractivity contribution in [3.8, 4) is 11.5 Å². The van der Waals surface area contributed by atoms with Gasteiger partial charge in [0.05, 0.1) is 24.2 Å². The maximum Gasteiger partial charge on any atom is 0.241 e. The first-order valence-electron chi connectivity index (χ1n) is 8.16. The first-order valence-corrected chi connectivity index (χ1v) is 9.65. The number of amides is 1. The monoisotopic (exact) mass is 407 g/mol. The number of carbonyl (C=O) groups excluding carboxylic acids is 1. The molecule has 0 radical (unpaired) electrons. The van der Waals surface area contributed by atoms with E-state index >= 15 is 0 Å². The Morgan fingerprint density at radius 2 is 1.92 bits per heavy atom. The second-order valence-electron chi connectivity index (χ2n) is 5.87. The molecule has 0 saturated heterocycles. The molecular formula is C16H26ClN3O5S. The van der Waals surface area contributed by atoms with Crippen molar-refractivity contribution in [2.24, 2.45) is 0 Å². The van der Waals surface area contributed by atoms with Crippen LogP contribution in [0, 0.1) is 0 Å². The minimum absolute atomic E-state index is 0. The number of sulfonamides is 1. The standard InChI is InChI=1S/C16H25N3O5S.ClH/c1-12(16(20)19(3)8-7-17-2)18-25(21,22)13-5-6-14-15(11-13)24-10-4-9-23-14;/h5-6,11-12,17-18H,4,7-10H2,1-3H3;1H. The summed E-state index contributed by atoms with van der Waals surface area (Å²) in [6.45, 7) is 3.64. The van der Waals surface area contributed by atoms with Gasteiger partial charge >= 0.3 is 0 Å². The molecule has 26 heavy (non-hydrogen) atoms. The van der Waals surface area contributed by atoms with Crippen LogP contribution in [0.5, 0.6) is 11.5 Å². The number of hydrogen-bond donors (Lipinski definition) is 2. The maximum atomic E-state index is 12.6. The lowest BCUT2D eigenvalue weighted by Crippen LogP contribution is -2.46. The molecular weight excluding hydrogens is 382 g/mol. The number of likely N-dealkylation sites (N-methyl/N-ethyl adjacent to an activating group) is 2. The molecule has 1 unspecified atom stereocenters. The molecule has 0 aromatic heterocycles. The van der Waals surface area contributed by atoms with E-state index in [2.05, 4.69) is 10.0 Å². The smallest absolute Gasteiger partial charge is 0.241 e. The highest BCUT2D eigenvalue weighted by Crippen LogP contribution is 2.31. The third-order valence-electron chi connectivity index (χ3n) is 3.81. The molecule has 0 saturated carbocycles. The van der Waals surface area contributed by atoms with Crippen LogP contribution in [0.4, 0.5) is 0 Å². The van der Waals surface area contributed by atoms with E-state index < -0.39 is 16.1 Å². The minimum Gasteiger partial charge on any atom is -0.490 e. The predicted molar refractivity (Wildman–Crippen MR) is 101 cm³/mol. The van der Waals surface area contributed by atoms with Crippen LogP contribution in [0.25, 0.3) is 0 Å². The summed E-state index contributed by atoms with van der Waals surface area (Å²) in [5, 5.41) is 2.94. The van der Waals surface area contributed by atoms with Crippen molar-refractivity contribution in [1.82, 2.24) is 14.9 Å². The average molecular weight is 408 g/mol. The van der Waals surface area contributed by atoms with E-state index in [9.17, 15) is 13.2 Å². The van der Waals surface area contributed by atoms with Crippen molar-refractivity contribution in [3.63, 3.8) is 0 Å². The zero-order valence-electron chi connectivity index (χ0n) is 15.1. The molecule has 0 fully saturated rings. The topological polar surface area (TPSA) is 97.0 Å². The molecule has 148 valence electrons.